The van der Waals surface area contributed by atoms with E-state index in [1.807, 2.05) is 0 Å². The molecule has 0 aromatic heterocycles. The van der Waals surface area contributed by atoms with Crippen LogP contribution in [-0.2, 0) is 188 Å². The molecule has 0 spiro atoms. The van der Waals surface area contributed by atoms with Gasteiger partial charge < -0.3 is 189 Å². The summed E-state index contributed by atoms with van der Waals surface area (Å²) in [6, 6.07) is 0. The van der Waals surface area contributed by atoms with E-state index >= 15 is 0 Å². The van der Waals surface area contributed by atoms with E-state index in [0.717, 1.165) is 0 Å². The number of aliphatic carboxylic acids is 2. The van der Waals surface area contributed by atoms with Crippen molar-refractivity contribution in [2.24, 2.45) is 0 Å². The van der Waals surface area contributed by atoms with Gasteiger partial charge in [-0.25, -0.2) is 9.59 Å². The minimum Gasteiger partial charge on any atom is -0.479 e. The molecule has 8 aliphatic heterocycles. The molecule has 8 aliphatic rings. The van der Waals surface area contributed by atoms with Crippen molar-refractivity contribution < 1.29 is 198 Å². The molecular weight excluding hydrogens is 1770 g/mol. The zero-order valence-corrected chi connectivity index (χ0v) is 73.7. The largest absolute Gasteiger partial charge is 0.479 e. The lowest BCUT2D eigenvalue weighted by molar-refractivity contribution is -0.399. The summed E-state index contributed by atoms with van der Waals surface area (Å²) >= 11 is 44.6. The minimum absolute atomic E-state index is 0.0703. The predicted octanol–water partition coefficient (Wildman–Crippen LogP) is -0.204. The number of methoxy groups -OCH3 is 13. The second kappa shape index (κ2) is 50.7. The molecule has 0 bridgehead atoms. The van der Waals surface area contributed by atoms with Crippen molar-refractivity contribution in [1.82, 2.24) is 0 Å². The average Bonchev–Trinajstić information content (AvgIpc) is 0.766. The average molecular weight is 1880 g/mol. The Labute approximate surface area is 725 Å². The molecule has 0 amide bonds. The molecule has 43 nitrogen and oxygen atoms in total. The van der Waals surface area contributed by atoms with Gasteiger partial charge in [0.2, 0.25) is 0 Å². The number of hydrogen-bond donors (Lipinski definition) is 13. The Morgan fingerprint density at radius 3 is 0.591 bits per heavy atom. The molecule has 8 heterocycles. The van der Waals surface area contributed by atoms with Crippen LogP contribution >= 0.6 is 142 Å². The van der Waals surface area contributed by atoms with Gasteiger partial charge in [0.25, 0.3) is 0 Å². The standard InChI is InChI=1S/C61H104O43S11/c1-66-32-26(91-55-45(73-8)33(67-2)27(21(87-55)15-80-106)93-57-47(75-10)35(69-4)31(100-111)25(90-57)19-84-110)20(14-79-105)86-56(44(32)72-7)92-28-22(16-81-107)88-58(46(74-9)34(28)68-3)96-38-36(70-5)48(76-11)60(98-42(38)52(62)63)95-30-24(18-83-109)89-61(51(104-115)41(30)102-113)97-39-37(71-6)49(77-12)59(99-43(39)53(64)65)94-29-23(17-82-108)85-54(78-13)50(103-114)40(29)101-112/h20-51,54-61,105-115H,14-19H2,1-13H3,(H,62,63)(H,64,65)/t20?,21?,22?,23?,24-,25?,26+,27+,28+,29+,30+,31-,32-,33-,34-,35-,36-,37?,38-,39-,40+,41?,42?,43+,44?,45?,46?,47?,48?,49?,50?,51?,54-,55+,56+,57+,58+,59-,60+,61+/m0/s1. The van der Waals surface area contributed by atoms with Gasteiger partial charge in [-0.3, -0.25) is 0 Å². The third kappa shape index (κ3) is 23.4. The molecule has 16 unspecified atom stereocenters. The van der Waals surface area contributed by atoms with E-state index in [2.05, 4.69) is 142 Å². The fourth-order valence-electron chi connectivity index (χ4n) is 15.4. The molecule has 8 fully saturated rings. The highest BCUT2D eigenvalue weighted by Crippen LogP contribution is 2.44. The van der Waals surface area contributed by atoms with E-state index in [-0.39, 0.29) is 33.0 Å². The normalized spacial score (nSPS) is 44.1. The van der Waals surface area contributed by atoms with Crippen molar-refractivity contribution >= 4 is 154 Å². The lowest BCUT2D eigenvalue weighted by Crippen LogP contribution is -2.69. The molecule has 54 heteroatoms. The fraction of sp³-hybridized carbons (Fsp3) is 0.967. The predicted molar refractivity (Wildman–Crippen MR) is 414 cm³/mol. The number of ether oxygens (including phenoxy) is 28. The number of rotatable bonds is 46. The third-order valence-corrected chi connectivity index (χ3v) is 22.7. The molecule has 2 N–H and O–H groups in total. The maximum atomic E-state index is 13.8. The topological polar surface area (TPSA) is 435 Å². The van der Waals surface area contributed by atoms with E-state index in [0.29, 0.717) is 0 Å². The smallest absolute Gasteiger partial charge is 0.335 e. The van der Waals surface area contributed by atoms with E-state index in [1.54, 1.807) is 0 Å². The van der Waals surface area contributed by atoms with E-state index in [9.17, 15) is 19.8 Å². The van der Waals surface area contributed by atoms with Crippen LogP contribution in [0.4, 0.5) is 0 Å². The van der Waals surface area contributed by atoms with Crippen molar-refractivity contribution in [2.45, 2.75) is 246 Å². The van der Waals surface area contributed by atoms with Crippen LogP contribution in [0.1, 0.15) is 0 Å². The van der Waals surface area contributed by atoms with Gasteiger partial charge in [-0.05, 0) is 142 Å². The second-order valence-corrected chi connectivity index (χ2v) is 28.9. The highest BCUT2D eigenvalue weighted by atomic mass is 32.1. The number of thiol groups is 11. The number of hydrogen-bond acceptors (Lipinski definition) is 52. The number of carboxylic acid groups (broad SMARTS) is 2. The van der Waals surface area contributed by atoms with Crippen LogP contribution in [0, 0.1) is 0 Å². The highest BCUT2D eigenvalue weighted by molar-refractivity contribution is 7.76. The lowest BCUT2D eigenvalue weighted by atomic mass is 9.94. The Bertz CT molecular complexity index is 2790. The molecule has 0 aliphatic carbocycles. The van der Waals surface area contributed by atoms with Crippen LogP contribution in [0.5, 0.6) is 0 Å². The second-order valence-electron chi connectivity index (χ2n) is 26.3. The molecule has 40 atom stereocenters. The van der Waals surface area contributed by atoms with Gasteiger partial charge in [0.15, 0.2) is 74.7 Å². The molecule has 8 saturated heterocycles. The summed E-state index contributed by atoms with van der Waals surface area (Å²) in [5.74, 6) is -3.18. The molecule has 672 valence electrons. The van der Waals surface area contributed by atoms with Crippen molar-refractivity contribution in [1.29, 1.82) is 0 Å². The van der Waals surface area contributed by atoms with Gasteiger partial charge in [0, 0.05) is 92.4 Å². The summed E-state index contributed by atoms with van der Waals surface area (Å²) in [6.45, 7) is -1.62. The monoisotopic (exact) mass is 1880 g/mol. The molecule has 0 saturated carbocycles. The van der Waals surface area contributed by atoms with Crippen LogP contribution in [0.15, 0.2) is 0 Å². The van der Waals surface area contributed by atoms with Crippen molar-refractivity contribution in [3.8, 4) is 0 Å². The first-order valence-corrected chi connectivity index (χ1v) is 38.9. The van der Waals surface area contributed by atoms with Gasteiger partial charge in [0.1, 0.15) is 171 Å². The molecule has 0 aromatic carbocycles. The van der Waals surface area contributed by atoms with Crippen LogP contribution in [0.3, 0.4) is 0 Å². The third-order valence-electron chi connectivity index (χ3n) is 20.6. The lowest BCUT2D eigenvalue weighted by Gasteiger charge is -2.52. The van der Waals surface area contributed by atoms with Crippen molar-refractivity contribution in [2.75, 3.05) is 132 Å². The van der Waals surface area contributed by atoms with Crippen LogP contribution in [0.25, 0.3) is 0 Å². The Hall–Kier alpha value is 1.23. The number of carbonyl (C=O) groups is 2. The zero-order valence-electron chi connectivity index (χ0n) is 63.9. The SMILES string of the molecule is COC1C(OC)[C@H](O[C@H]2O[C@@H](COS)[C@@H](O[C@@H]3OC(C(=O)O)[C@@H](O[C@H]4OC(COS)[C@@H](O[C@H]5OC(COS)[C@@H](O[C@H]6OC(COS)[C@@H](O[C@H]7OC(COS)[C@H](OS)[C@H](OC)C7OC)[C@H](OC)C6OC)[C@H](OC)C5OC)[C@H](OC)C4OC)[C@H](OC)C3OC)C(OS)C2OS)[C@H](C(=O)O)O[C@@H]1O[C@@H]1C(COS)O[C@H](OC)C(OS)[C@@H]1OS. The molecule has 8 rings (SSSR count). The van der Waals surface area contributed by atoms with Gasteiger partial charge in [-0.1, -0.05) is 0 Å². The zero-order chi connectivity index (χ0) is 84.1. The van der Waals surface area contributed by atoms with E-state index < -0.39 is 264 Å². The van der Waals surface area contributed by atoms with Crippen LogP contribution < -0.4 is 0 Å². The van der Waals surface area contributed by atoms with Gasteiger partial charge in [-0.15, -0.1) is 0 Å². The maximum Gasteiger partial charge on any atom is 0.335 e. The van der Waals surface area contributed by atoms with Gasteiger partial charge in [0.05, 0.1) is 39.6 Å². The van der Waals surface area contributed by atoms with Crippen LogP contribution in [0.2, 0.25) is 0 Å². The molecule has 0 aromatic rings. The van der Waals surface area contributed by atoms with Crippen molar-refractivity contribution in [3.05, 3.63) is 0 Å². The first kappa shape index (κ1) is 102. The van der Waals surface area contributed by atoms with Crippen LogP contribution in [-0.4, -0.2) is 400 Å². The summed E-state index contributed by atoms with van der Waals surface area (Å²) in [5, 5.41) is 22.0. The summed E-state index contributed by atoms with van der Waals surface area (Å²) in [4.78, 5) is 27.1. The minimum atomic E-state index is -2.01. The quantitative estimate of drug-likeness (QED) is 0.0277. The Kier molecular flexibility index (Phi) is 44.8. The fourth-order valence-corrected chi connectivity index (χ4v) is 17.4. The maximum absolute atomic E-state index is 13.8. The molecule has 115 heavy (non-hydrogen) atoms. The Morgan fingerprint density at radius 2 is 0.383 bits per heavy atom. The summed E-state index contributed by atoms with van der Waals surface area (Å²) < 4.78 is 235. The first-order chi connectivity index (χ1) is 55.7. The summed E-state index contributed by atoms with van der Waals surface area (Å²) in [7, 11) is 17.6. The summed E-state index contributed by atoms with van der Waals surface area (Å²) in [6.07, 6.45) is -52.1. The Morgan fingerprint density at radius 1 is 0.209 bits per heavy atom. The van der Waals surface area contributed by atoms with Crippen molar-refractivity contribution in [3.63, 3.8) is 0 Å². The summed E-state index contributed by atoms with van der Waals surface area (Å²) in [5.41, 5.74) is 0. The Balaban J connectivity index is 1.000. The van der Waals surface area contributed by atoms with E-state index in [1.165, 1.54) is 92.4 Å². The molecule has 0 radical (unpaired) electrons. The first-order valence-electron chi connectivity index (χ1n) is 34.9. The number of carboxylic acids is 2. The molecular formula is C61H104O43S11. The van der Waals surface area contributed by atoms with Gasteiger partial charge >= 0.3 is 11.9 Å². The van der Waals surface area contributed by atoms with E-state index in [4.69, 9.17) is 179 Å². The van der Waals surface area contributed by atoms with Gasteiger partial charge in [-0.2, -0.15) is 0 Å². The highest BCUT2D eigenvalue weighted by Gasteiger charge is 2.64.